The highest BCUT2D eigenvalue weighted by atomic mass is 79.9. The number of halogens is 2. The SMILES string of the molecule is Cc1ccc(NC(=O)c2cc3cc(Br)ccc3n2NC(=O)C(=O)NCc2ccccc2)c(Br)c1. The quantitative estimate of drug-likeness (QED) is 0.285. The molecule has 0 aliphatic rings. The zero-order valence-corrected chi connectivity index (χ0v) is 21.2. The number of hydrogen-bond donors (Lipinski definition) is 3. The van der Waals surface area contributed by atoms with Gasteiger partial charge in [0.15, 0.2) is 0 Å². The van der Waals surface area contributed by atoms with E-state index in [1.165, 1.54) is 4.68 Å². The van der Waals surface area contributed by atoms with Gasteiger partial charge in [0.2, 0.25) is 0 Å². The van der Waals surface area contributed by atoms with E-state index in [0.717, 1.165) is 20.1 Å². The number of nitrogens with one attached hydrogen (secondary N) is 3. The second kappa shape index (κ2) is 10.2. The number of aryl methyl sites for hydroxylation is 1. The molecular formula is C25H20Br2N4O3. The first-order valence-corrected chi connectivity index (χ1v) is 11.9. The van der Waals surface area contributed by atoms with Crippen molar-refractivity contribution in [3.8, 4) is 0 Å². The molecule has 9 heteroatoms. The topological polar surface area (TPSA) is 92.2 Å². The summed E-state index contributed by atoms with van der Waals surface area (Å²) in [4.78, 5) is 38.3. The van der Waals surface area contributed by atoms with Crippen molar-refractivity contribution in [1.29, 1.82) is 0 Å². The van der Waals surface area contributed by atoms with Crippen molar-refractivity contribution in [3.63, 3.8) is 0 Å². The van der Waals surface area contributed by atoms with Crippen LogP contribution in [0, 0.1) is 6.92 Å². The molecule has 172 valence electrons. The van der Waals surface area contributed by atoms with Crippen molar-refractivity contribution in [2.24, 2.45) is 0 Å². The molecular weight excluding hydrogens is 564 g/mol. The number of amides is 3. The van der Waals surface area contributed by atoms with Gasteiger partial charge in [-0.15, -0.1) is 0 Å². The van der Waals surface area contributed by atoms with E-state index in [1.807, 2.05) is 55.5 Å². The van der Waals surface area contributed by atoms with Gasteiger partial charge in [-0.05, 0) is 70.4 Å². The molecule has 34 heavy (non-hydrogen) atoms. The molecule has 0 saturated carbocycles. The van der Waals surface area contributed by atoms with Crippen molar-refractivity contribution < 1.29 is 14.4 Å². The van der Waals surface area contributed by atoms with E-state index in [0.29, 0.717) is 16.6 Å². The molecule has 4 rings (SSSR count). The van der Waals surface area contributed by atoms with Crippen molar-refractivity contribution in [3.05, 3.63) is 98.6 Å². The maximum atomic E-state index is 13.2. The maximum absolute atomic E-state index is 13.2. The highest BCUT2D eigenvalue weighted by Gasteiger charge is 2.21. The molecule has 1 heterocycles. The molecule has 0 aliphatic carbocycles. The summed E-state index contributed by atoms with van der Waals surface area (Å²) in [6.45, 7) is 2.16. The van der Waals surface area contributed by atoms with E-state index >= 15 is 0 Å². The van der Waals surface area contributed by atoms with Gasteiger partial charge in [0.1, 0.15) is 5.69 Å². The smallest absolute Gasteiger partial charge is 0.328 e. The maximum Gasteiger partial charge on any atom is 0.328 e. The lowest BCUT2D eigenvalue weighted by molar-refractivity contribution is -0.136. The first-order chi connectivity index (χ1) is 16.3. The third-order valence-electron chi connectivity index (χ3n) is 5.08. The second-order valence-electron chi connectivity index (χ2n) is 7.61. The fraction of sp³-hybridized carbons (Fsp3) is 0.0800. The van der Waals surface area contributed by atoms with Crippen LogP contribution in [0.25, 0.3) is 10.9 Å². The first-order valence-electron chi connectivity index (χ1n) is 10.3. The van der Waals surface area contributed by atoms with E-state index in [4.69, 9.17) is 0 Å². The summed E-state index contributed by atoms with van der Waals surface area (Å²) >= 11 is 6.88. The highest BCUT2D eigenvalue weighted by Crippen LogP contribution is 2.26. The Morgan fingerprint density at radius 1 is 0.882 bits per heavy atom. The number of carbonyl (C=O) groups is 3. The highest BCUT2D eigenvalue weighted by molar-refractivity contribution is 9.10. The van der Waals surface area contributed by atoms with E-state index < -0.39 is 17.7 Å². The van der Waals surface area contributed by atoms with Crippen molar-refractivity contribution >= 4 is 66.2 Å². The largest absolute Gasteiger partial charge is 0.344 e. The molecule has 0 spiro atoms. The molecule has 0 aliphatic heterocycles. The summed E-state index contributed by atoms with van der Waals surface area (Å²) in [5, 5.41) is 6.15. The molecule has 3 amide bonds. The second-order valence-corrected chi connectivity index (χ2v) is 9.38. The number of hydrogen-bond acceptors (Lipinski definition) is 3. The van der Waals surface area contributed by atoms with Crippen molar-refractivity contribution in [2.75, 3.05) is 10.7 Å². The average molecular weight is 584 g/mol. The Balaban J connectivity index is 1.59. The molecule has 7 nitrogen and oxygen atoms in total. The van der Waals surface area contributed by atoms with Gasteiger partial charge in [0.25, 0.3) is 5.91 Å². The van der Waals surface area contributed by atoms with Crippen LogP contribution < -0.4 is 16.1 Å². The van der Waals surface area contributed by atoms with E-state index in [9.17, 15) is 14.4 Å². The van der Waals surface area contributed by atoms with Crippen LogP contribution in [0.2, 0.25) is 0 Å². The van der Waals surface area contributed by atoms with E-state index in [1.54, 1.807) is 24.3 Å². The molecule has 0 bridgehead atoms. The number of rotatable bonds is 5. The Morgan fingerprint density at radius 3 is 2.38 bits per heavy atom. The van der Waals surface area contributed by atoms with Crippen LogP contribution in [-0.2, 0) is 16.1 Å². The van der Waals surface area contributed by atoms with E-state index in [2.05, 4.69) is 47.9 Å². The Labute approximate surface area is 212 Å². The minimum Gasteiger partial charge on any atom is -0.344 e. The van der Waals surface area contributed by atoms with Crippen LogP contribution in [0.3, 0.4) is 0 Å². The van der Waals surface area contributed by atoms with Gasteiger partial charge in [-0.1, -0.05) is 52.3 Å². The number of benzene rings is 3. The van der Waals surface area contributed by atoms with Crippen LogP contribution in [0.15, 0.2) is 81.7 Å². The van der Waals surface area contributed by atoms with Crippen LogP contribution in [-0.4, -0.2) is 22.4 Å². The molecule has 3 aromatic carbocycles. The lowest BCUT2D eigenvalue weighted by Crippen LogP contribution is -2.39. The number of aromatic nitrogens is 1. The Hall–Kier alpha value is -3.43. The third-order valence-corrected chi connectivity index (χ3v) is 6.23. The monoisotopic (exact) mass is 582 g/mol. The van der Waals surface area contributed by atoms with Gasteiger partial charge >= 0.3 is 11.8 Å². The average Bonchev–Trinajstić information content (AvgIpc) is 3.17. The molecule has 0 saturated heterocycles. The normalized spacial score (nSPS) is 10.7. The number of anilines is 1. The van der Waals surface area contributed by atoms with Gasteiger partial charge in [0.05, 0.1) is 11.2 Å². The van der Waals surface area contributed by atoms with Gasteiger partial charge in [-0.3, -0.25) is 19.8 Å². The van der Waals surface area contributed by atoms with Crippen LogP contribution in [0.5, 0.6) is 0 Å². The summed E-state index contributed by atoms with van der Waals surface area (Å²) in [6.07, 6.45) is 0. The zero-order valence-electron chi connectivity index (χ0n) is 18.1. The summed E-state index contributed by atoms with van der Waals surface area (Å²) < 4.78 is 2.87. The molecule has 1 aromatic heterocycles. The first kappa shape index (κ1) is 23.7. The number of fused-ring (bicyclic) bond motifs is 1. The Bertz CT molecular complexity index is 1400. The van der Waals surface area contributed by atoms with Gasteiger partial charge in [0, 0.05) is 20.9 Å². The number of carbonyl (C=O) groups excluding carboxylic acids is 3. The van der Waals surface area contributed by atoms with Gasteiger partial charge in [-0.2, -0.15) is 0 Å². The fourth-order valence-corrected chi connectivity index (χ4v) is 4.36. The Morgan fingerprint density at radius 2 is 1.65 bits per heavy atom. The zero-order chi connectivity index (χ0) is 24.2. The number of nitrogens with zero attached hydrogens (tertiary/aromatic N) is 1. The molecule has 3 N–H and O–H groups in total. The van der Waals surface area contributed by atoms with Crippen LogP contribution >= 0.6 is 31.9 Å². The predicted octanol–water partition coefficient (Wildman–Crippen LogP) is 5.11. The summed E-state index contributed by atoms with van der Waals surface area (Å²) in [5.41, 5.74) is 5.79. The van der Waals surface area contributed by atoms with E-state index in [-0.39, 0.29) is 12.2 Å². The molecule has 0 radical (unpaired) electrons. The summed E-state index contributed by atoms with van der Waals surface area (Å²) in [6, 6.07) is 21.8. The minimum absolute atomic E-state index is 0.171. The lowest BCUT2D eigenvalue weighted by atomic mass is 10.2. The minimum atomic E-state index is -0.887. The van der Waals surface area contributed by atoms with Crippen molar-refractivity contribution in [2.45, 2.75) is 13.5 Å². The lowest BCUT2D eigenvalue weighted by Gasteiger charge is -2.13. The third kappa shape index (κ3) is 5.37. The molecule has 0 atom stereocenters. The molecule has 0 unspecified atom stereocenters. The van der Waals surface area contributed by atoms with Crippen molar-refractivity contribution in [1.82, 2.24) is 9.99 Å². The summed E-state index contributed by atoms with van der Waals surface area (Å²) in [7, 11) is 0. The predicted molar refractivity (Wildman–Crippen MR) is 139 cm³/mol. The Kier molecular flexibility index (Phi) is 7.14. The van der Waals surface area contributed by atoms with Crippen LogP contribution in [0.1, 0.15) is 21.6 Å². The molecule has 4 aromatic rings. The van der Waals surface area contributed by atoms with Crippen LogP contribution in [0.4, 0.5) is 5.69 Å². The van der Waals surface area contributed by atoms with Gasteiger partial charge in [-0.25, -0.2) is 4.68 Å². The summed E-state index contributed by atoms with van der Waals surface area (Å²) in [5.74, 6) is -2.14. The fourth-order valence-electron chi connectivity index (χ4n) is 3.39. The molecule has 0 fully saturated rings. The van der Waals surface area contributed by atoms with Gasteiger partial charge < -0.3 is 10.6 Å². The standard InChI is InChI=1S/C25H20Br2N4O3/c1-15-7-9-20(19(27)11-15)29-23(32)22-13-17-12-18(26)8-10-21(17)31(22)30-25(34)24(33)28-14-16-5-3-2-4-6-16/h2-13H,14H2,1H3,(H,28,33)(H,29,32)(H,30,34).